The standard InChI is InChI=1S/C15H20N2O2/c1-4-16(5-2)15(18)11-17-10-9-12-13(17)7-6-8-14(12)19-3/h6-10H,4-5,11H2,1-3H3. The fraction of sp³-hybridized carbons (Fsp3) is 0.400. The summed E-state index contributed by atoms with van der Waals surface area (Å²) in [6, 6.07) is 7.87. The summed E-state index contributed by atoms with van der Waals surface area (Å²) in [4.78, 5) is 14.0. The van der Waals surface area contributed by atoms with Gasteiger partial charge in [0.2, 0.25) is 5.91 Å². The van der Waals surface area contributed by atoms with Crippen molar-refractivity contribution >= 4 is 16.8 Å². The highest BCUT2D eigenvalue weighted by Crippen LogP contribution is 2.26. The van der Waals surface area contributed by atoms with Crippen molar-refractivity contribution in [2.24, 2.45) is 0 Å². The van der Waals surface area contributed by atoms with E-state index >= 15 is 0 Å². The van der Waals surface area contributed by atoms with Gasteiger partial charge in [-0.25, -0.2) is 0 Å². The zero-order valence-electron chi connectivity index (χ0n) is 11.7. The van der Waals surface area contributed by atoms with E-state index < -0.39 is 0 Å². The summed E-state index contributed by atoms with van der Waals surface area (Å²) in [5.41, 5.74) is 1.03. The lowest BCUT2D eigenvalue weighted by molar-refractivity contribution is -0.131. The van der Waals surface area contributed by atoms with Crippen molar-refractivity contribution in [3.8, 4) is 5.75 Å². The molecule has 1 aromatic carbocycles. The van der Waals surface area contributed by atoms with Crippen LogP contribution in [0.5, 0.6) is 5.75 Å². The second-order valence-electron chi connectivity index (χ2n) is 4.40. The predicted molar refractivity (Wildman–Crippen MR) is 76.4 cm³/mol. The van der Waals surface area contributed by atoms with Crippen LogP contribution in [0.4, 0.5) is 0 Å². The van der Waals surface area contributed by atoms with Crippen molar-refractivity contribution in [1.29, 1.82) is 0 Å². The third kappa shape index (κ3) is 2.57. The largest absolute Gasteiger partial charge is 0.496 e. The van der Waals surface area contributed by atoms with E-state index in [1.807, 2.05) is 53.8 Å². The number of fused-ring (bicyclic) bond motifs is 1. The highest BCUT2D eigenvalue weighted by molar-refractivity contribution is 5.88. The minimum atomic E-state index is 0.144. The first-order chi connectivity index (χ1) is 9.21. The number of hydrogen-bond donors (Lipinski definition) is 0. The number of aromatic nitrogens is 1. The summed E-state index contributed by atoms with van der Waals surface area (Å²) in [5.74, 6) is 0.983. The van der Waals surface area contributed by atoms with Gasteiger partial charge in [0, 0.05) is 24.7 Å². The molecule has 19 heavy (non-hydrogen) atoms. The van der Waals surface area contributed by atoms with Gasteiger partial charge in [0.25, 0.3) is 0 Å². The lowest BCUT2D eigenvalue weighted by Crippen LogP contribution is -2.33. The van der Waals surface area contributed by atoms with E-state index in [-0.39, 0.29) is 5.91 Å². The van der Waals surface area contributed by atoms with Gasteiger partial charge in [0.05, 0.1) is 12.6 Å². The molecule has 0 aliphatic rings. The normalized spacial score (nSPS) is 10.7. The molecule has 0 aliphatic heterocycles. The molecule has 2 rings (SSSR count). The Hall–Kier alpha value is -1.97. The minimum Gasteiger partial charge on any atom is -0.496 e. The number of carbonyl (C=O) groups excluding carboxylic acids is 1. The third-order valence-corrected chi connectivity index (χ3v) is 3.42. The Morgan fingerprint density at radius 2 is 2.00 bits per heavy atom. The fourth-order valence-corrected chi connectivity index (χ4v) is 2.33. The van der Waals surface area contributed by atoms with Crippen LogP contribution in [0.3, 0.4) is 0 Å². The molecule has 0 radical (unpaired) electrons. The van der Waals surface area contributed by atoms with Gasteiger partial charge >= 0.3 is 0 Å². The summed E-state index contributed by atoms with van der Waals surface area (Å²) in [6.45, 7) is 5.87. The molecule has 0 N–H and O–H groups in total. The number of amides is 1. The molecule has 0 saturated heterocycles. The Kier molecular flexibility index (Phi) is 4.10. The predicted octanol–water partition coefficient (Wildman–Crippen LogP) is 2.52. The van der Waals surface area contributed by atoms with Gasteiger partial charge in [0.1, 0.15) is 12.3 Å². The van der Waals surface area contributed by atoms with Crippen LogP contribution >= 0.6 is 0 Å². The molecule has 0 aliphatic carbocycles. The number of methoxy groups -OCH3 is 1. The Labute approximate surface area is 113 Å². The first kappa shape index (κ1) is 13.5. The van der Waals surface area contributed by atoms with Crippen LogP contribution in [0.2, 0.25) is 0 Å². The number of benzene rings is 1. The van der Waals surface area contributed by atoms with Crippen LogP contribution in [0.1, 0.15) is 13.8 Å². The SMILES string of the molecule is CCN(CC)C(=O)Cn1ccc2c(OC)cccc21. The van der Waals surface area contributed by atoms with Crippen LogP contribution in [0, 0.1) is 0 Å². The second kappa shape index (κ2) is 5.78. The molecule has 4 nitrogen and oxygen atoms in total. The smallest absolute Gasteiger partial charge is 0.242 e. The van der Waals surface area contributed by atoms with E-state index in [0.717, 1.165) is 29.7 Å². The second-order valence-corrected chi connectivity index (χ2v) is 4.40. The zero-order chi connectivity index (χ0) is 13.8. The van der Waals surface area contributed by atoms with Crippen molar-refractivity contribution in [3.63, 3.8) is 0 Å². The summed E-state index contributed by atoms with van der Waals surface area (Å²) in [5, 5.41) is 1.04. The Morgan fingerprint density at radius 3 is 2.63 bits per heavy atom. The summed E-state index contributed by atoms with van der Waals surface area (Å²) in [6.07, 6.45) is 1.94. The lowest BCUT2D eigenvalue weighted by atomic mass is 10.2. The van der Waals surface area contributed by atoms with Crippen molar-refractivity contribution in [2.75, 3.05) is 20.2 Å². The van der Waals surface area contributed by atoms with Gasteiger partial charge < -0.3 is 14.2 Å². The van der Waals surface area contributed by atoms with Gasteiger partial charge in [-0.2, -0.15) is 0 Å². The molecule has 4 heteroatoms. The van der Waals surface area contributed by atoms with Gasteiger partial charge in [-0.15, -0.1) is 0 Å². The minimum absolute atomic E-state index is 0.144. The number of likely N-dealkylation sites (N-methyl/N-ethyl adjacent to an activating group) is 1. The molecule has 1 aromatic heterocycles. The number of hydrogen-bond acceptors (Lipinski definition) is 2. The Bertz CT molecular complexity index is 571. The number of rotatable bonds is 5. The molecule has 102 valence electrons. The van der Waals surface area contributed by atoms with Gasteiger partial charge in [-0.1, -0.05) is 6.07 Å². The molecule has 1 amide bonds. The highest BCUT2D eigenvalue weighted by Gasteiger charge is 2.12. The summed E-state index contributed by atoms with van der Waals surface area (Å²) >= 11 is 0. The maximum atomic E-state index is 12.1. The number of ether oxygens (including phenoxy) is 1. The topological polar surface area (TPSA) is 34.5 Å². The van der Waals surface area contributed by atoms with Crippen molar-refractivity contribution in [2.45, 2.75) is 20.4 Å². The first-order valence-electron chi connectivity index (χ1n) is 6.60. The van der Waals surface area contributed by atoms with E-state index in [1.54, 1.807) is 7.11 Å². The highest BCUT2D eigenvalue weighted by atomic mass is 16.5. The first-order valence-corrected chi connectivity index (χ1v) is 6.60. The van der Waals surface area contributed by atoms with E-state index in [9.17, 15) is 4.79 Å². The van der Waals surface area contributed by atoms with E-state index in [0.29, 0.717) is 6.54 Å². The molecule has 0 spiro atoms. The average Bonchev–Trinajstić information content (AvgIpc) is 2.83. The molecule has 0 fully saturated rings. The number of nitrogens with zero attached hydrogens (tertiary/aromatic N) is 2. The van der Waals surface area contributed by atoms with Crippen molar-refractivity contribution in [1.82, 2.24) is 9.47 Å². The molecule has 1 heterocycles. The molecule has 0 atom stereocenters. The quantitative estimate of drug-likeness (QED) is 0.828. The van der Waals surface area contributed by atoms with Crippen LogP contribution in [0.25, 0.3) is 10.9 Å². The average molecular weight is 260 g/mol. The maximum Gasteiger partial charge on any atom is 0.242 e. The summed E-state index contributed by atoms with van der Waals surface area (Å²) in [7, 11) is 1.66. The Morgan fingerprint density at radius 1 is 1.26 bits per heavy atom. The van der Waals surface area contributed by atoms with E-state index in [4.69, 9.17) is 4.74 Å². The zero-order valence-corrected chi connectivity index (χ0v) is 11.7. The van der Waals surface area contributed by atoms with Crippen LogP contribution in [-0.2, 0) is 11.3 Å². The lowest BCUT2D eigenvalue weighted by Gasteiger charge is -2.19. The maximum absolute atomic E-state index is 12.1. The molecule has 0 saturated carbocycles. The fourth-order valence-electron chi connectivity index (χ4n) is 2.33. The summed E-state index contributed by atoms with van der Waals surface area (Å²) < 4.78 is 7.30. The van der Waals surface area contributed by atoms with Gasteiger partial charge in [-0.3, -0.25) is 4.79 Å². The van der Waals surface area contributed by atoms with Crippen LogP contribution in [-0.4, -0.2) is 35.6 Å². The molecular formula is C15H20N2O2. The molecular weight excluding hydrogens is 240 g/mol. The van der Waals surface area contributed by atoms with Gasteiger partial charge in [-0.05, 0) is 32.0 Å². The van der Waals surface area contributed by atoms with Gasteiger partial charge in [0.15, 0.2) is 0 Å². The third-order valence-electron chi connectivity index (χ3n) is 3.42. The van der Waals surface area contributed by atoms with E-state index in [2.05, 4.69) is 0 Å². The molecule has 0 unspecified atom stereocenters. The van der Waals surface area contributed by atoms with Crippen LogP contribution < -0.4 is 4.74 Å². The van der Waals surface area contributed by atoms with Crippen molar-refractivity contribution < 1.29 is 9.53 Å². The monoisotopic (exact) mass is 260 g/mol. The van der Waals surface area contributed by atoms with Crippen molar-refractivity contribution in [3.05, 3.63) is 30.5 Å². The Balaban J connectivity index is 2.29. The van der Waals surface area contributed by atoms with E-state index in [1.165, 1.54) is 0 Å². The van der Waals surface area contributed by atoms with Crippen LogP contribution in [0.15, 0.2) is 30.5 Å². The number of carbonyl (C=O) groups is 1. The molecule has 2 aromatic rings. The molecule has 0 bridgehead atoms.